The standard InChI is InChI=1S/C17H18FN3O/c1-21-11-15(8-12-4-2-3-5-16(12)21)20-17(22)9-14-7-6-13(18)10-19-14/h2-7,10,15H,8-9,11H2,1H3,(H,20,22). The first-order chi connectivity index (χ1) is 10.6. The van der Waals surface area contributed by atoms with E-state index >= 15 is 0 Å². The average molecular weight is 299 g/mol. The van der Waals surface area contributed by atoms with Gasteiger partial charge >= 0.3 is 0 Å². The Balaban J connectivity index is 1.62. The van der Waals surface area contributed by atoms with E-state index in [-0.39, 0.29) is 18.4 Å². The van der Waals surface area contributed by atoms with Gasteiger partial charge in [0.05, 0.1) is 18.7 Å². The molecule has 1 N–H and O–H groups in total. The number of hydrogen-bond acceptors (Lipinski definition) is 3. The Bertz CT molecular complexity index is 672. The van der Waals surface area contributed by atoms with Gasteiger partial charge in [-0.25, -0.2) is 4.39 Å². The number of nitrogens with one attached hydrogen (secondary N) is 1. The van der Waals surface area contributed by atoms with Crippen LogP contribution in [0.25, 0.3) is 0 Å². The lowest BCUT2D eigenvalue weighted by molar-refractivity contribution is -0.121. The maximum Gasteiger partial charge on any atom is 0.226 e. The average Bonchev–Trinajstić information content (AvgIpc) is 2.49. The summed E-state index contributed by atoms with van der Waals surface area (Å²) in [7, 11) is 2.03. The van der Waals surface area contributed by atoms with E-state index in [9.17, 15) is 9.18 Å². The van der Waals surface area contributed by atoms with E-state index in [0.717, 1.165) is 19.2 Å². The Labute approximate surface area is 129 Å². The van der Waals surface area contributed by atoms with E-state index in [0.29, 0.717) is 5.69 Å². The summed E-state index contributed by atoms with van der Waals surface area (Å²) in [6.07, 6.45) is 2.12. The number of carbonyl (C=O) groups is 1. The molecule has 0 aliphatic carbocycles. The molecule has 5 heteroatoms. The predicted molar refractivity (Wildman–Crippen MR) is 83.2 cm³/mol. The molecule has 1 unspecified atom stereocenters. The second-order valence-corrected chi connectivity index (χ2v) is 5.62. The van der Waals surface area contributed by atoms with Gasteiger partial charge in [-0.3, -0.25) is 9.78 Å². The minimum Gasteiger partial charge on any atom is -0.372 e. The molecule has 0 saturated heterocycles. The molecule has 1 aliphatic rings. The summed E-state index contributed by atoms with van der Waals surface area (Å²) in [5, 5.41) is 3.04. The quantitative estimate of drug-likeness (QED) is 0.942. The van der Waals surface area contributed by atoms with E-state index in [1.807, 2.05) is 19.2 Å². The van der Waals surface area contributed by atoms with Crippen molar-refractivity contribution in [2.24, 2.45) is 0 Å². The summed E-state index contributed by atoms with van der Waals surface area (Å²) in [5.41, 5.74) is 3.03. The van der Waals surface area contributed by atoms with Gasteiger partial charge in [-0.2, -0.15) is 0 Å². The van der Waals surface area contributed by atoms with E-state index in [1.165, 1.54) is 23.4 Å². The van der Waals surface area contributed by atoms with Crippen LogP contribution in [-0.4, -0.2) is 30.5 Å². The van der Waals surface area contributed by atoms with Crippen LogP contribution in [0, 0.1) is 5.82 Å². The second-order valence-electron chi connectivity index (χ2n) is 5.62. The number of benzene rings is 1. The third-order valence-electron chi connectivity index (χ3n) is 3.86. The van der Waals surface area contributed by atoms with Crippen molar-refractivity contribution in [2.75, 3.05) is 18.5 Å². The van der Waals surface area contributed by atoms with Crippen molar-refractivity contribution in [3.05, 3.63) is 59.7 Å². The Hall–Kier alpha value is -2.43. The number of anilines is 1. The van der Waals surface area contributed by atoms with Gasteiger partial charge in [0.25, 0.3) is 0 Å². The lowest BCUT2D eigenvalue weighted by atomic mass is 9.98. The van der Waals surface area contributed by atoms with Gasteiger partial charge in [-0.05, 0) is 30.2 Å². The molecule has 2 aromatic rings. The van der Waals surface area contributed by atoms with Crippen LogP contribution in [0.4, 0.5) is 10.1 Å². The van der Waals surface area contributed by atoms with Crippen LogP contribution in [0.3, 0.4) is 0 Å². The van der Waals surface area contributed by atoms with Crippen molar-refractivity contribution in [1.82, 2.24) is 10.3 Å². The smallest absolute Gasteiger partial charge is 0.226 e. The van der Waals surface area contributed by atoms with Crippen molar-refractivity contribution < 1.29 is 9.18 Å². The monoisotopic (exact) mass is 299 g/mol. The number of nitrogens with zero attached hydrogens (tertiary/aromatic N) is 2. The lowest BCUT2D eigenvalue weighted by Crippen LogP contribution is -2.47. The molecule has 2 heterocycles. The van der Waals surface area contributed by atoms with Gasteiger partial charge in [0.15, 0.2) is 0 Å². The number of aromatic nitrogens is 1. The van der Waals surface area contributed by atoms with Crippen LogP contribution >= 0.6 is 0 Å². The molecule has 0 fully saturated rings. The largest absolute Gasteiger partial charge is 0.372 e. The van der Waals surface area contributed by atoms with Gasteiger partial charge in [-0.15, -0.1) is 0 Å². The maximum atomic E-state index is 12.8. The highest BCUT2D eigenvalue weighted by Gasteiger charge is 2.23. The normalized spacial score (nSPS) is 17.0. The summed E-state index contributed by atoms with van der Waals surface area (Å²) in [5.74, 6) is -0.480. The summed E-state index contributed by atoms with van der Waals surface area (Å²) in [6, 6.07) is 11.2. The molecule has 1 aliphatic heterocycles. The first kappa shape index (κ1) is 14.5. The Morgan fingerprint density at radius 3 is 2.95 bits per heavy atom. The molecule has 3 rings (SSSR count). The molecule has 22 heavy (non-hydrogen) atoms. The zero-order chi connectivity index (χ0) is 15.5. The molecule has 0 saturated carbocycles. The van der Waals surface area contributed by atoms with Crippen molar-refractivity contribution >= 4 is 11.6 Å². The third kappa shape index (κ3) is 3.24. The number of pyridine rings is 1. The SMILES string of the molecule is CN1CC(NC(=O)Cc2ccc(F)cn2)Cc2ccccc21. The van der Waals surface area contributed by atoms with Gasteiger partial charge in [0, 0.05) is 25.0 Å². The second kappa shape index (κ2) is 6.13. The van der Waals surface area contributed by atoms with Crippen LogP contribution in [0.1, 0.15) is 11.3 Å². The molecule has 0 radical (unpaired) electrons. The highest BCUT2D eigenvalue weighted by atomic mass is 19.1. The fourth-order valence-corrected chi connectivity index (χ4v) is 2.87. The topological polar surface area (TPSA) is 45.2 Å². The van der Waals surface area contributed by atoms with Crippen molar-refractivity contribution in [3.63, 3.8) is 0 Å². The van der Waals surface area contributed by atoms with E-state index in [1.54, 1.807) is 0 Å². The minimum absolute atomic E-state index is 0.0767. The number of hydrogen-bond donors (Lipinski definition) is 1. The summed E-state index contributed by atoms with van der Waals surface area (Å²) in [6.45, 7) is 0.777. The fraction of sp³-hybridized carbons (Fsp3) is 0.294. The number of likely N-dealkylation sites (N-methyl/N-ethyl adjacent to an activating group) is 1. The van der Waals surface area contributed by atoms with Crippen LogP contribution < -0.4 is 10.2 Å². The highest BCUT2D eigenvalue weighted by Crippen LogP contribution is 2.25. The highest BCUT2D eigenvalue weighted by molar-refractivity contribution is 5.78. The number of rotatable bonds is 3. The van der Waals surface area contributed by atoms with Crippen LogP contribution in [0.2, 0.25) is 0 Å². The zero-order valence-electron chi connectivity index (χ0n) is 12.4. The zero-order valence-corrected chi connectivity index (χ0v) is 12.4. The predicted octanol–water partition coefficient (Wildman–Crippen LogP) is 1.94. The van der Waals surface area contributed by atoms with Gasteiger partial charge in [0.2, 0.25) is 5.91 Å². The molecule has 0 bridgehead atoms. The number of halogens is 1. The Morgan fingerprint density at radius 2 is 2.18 bits per heavy atom. The summed E-state index contributed by atoms with van der Waals surface area (Å²) >= 11 is 0. The van der Waals surface area contributed by atoms with Crippen molar-refractivity contribution in [1.29, 1.82) is 0 Å². The van der Waals surface area contributed by atoms with Gasteiger partial charge in [-0.1, -0.05) is 18.2 Å². The minimum atomic E-state index is -0.394. The molecule has 1 aromatic carbocycles. The lowest BCUT2D eigenvalue weighted by Gasteiger charge is -2.33. The van der Waals surface area contributed by atoms with Crippen LogP contribution in [0.5, 0.6) is 0 Å². The molecular formula is C17H18FN3O. The Morgan fingerprint density at radius 1 is 1.36 bits per heavy atom. The number of fused-ring (bicyclic) bond motifs is 1. The maximum absolute atomic E-state index is 12.8. The van der Waals surface area contributed by atoms with Crippen molar-refractivity contribution in [2.45, 2.75) is 18.9 Å². The van der Waals surface area contributed by atoms with Crippen LogP contribution in [0.15, 0.2) is 42.6 Å². The molecule has 0 spiro atoms. The number of para-hydroxylation sites is 1. The van der Waals surface area contributed by atoms with Crippen LogP contribution in [-0.2, 0) is 17.6 Å². The van der Waals surface area contributed by atoms with Crippen molar-refractivity contribution in [3.8, 4) is 0 Å². The first-order valence-electron chi connectivity index (χ1n) is 7.30. The molecular weight excluding hydrogens is 281 g/mol. The third-order valence-corrected chi connectivity index (χ3v) is 3.86. The number of carbonyl (C=O) groups excluding carboxylic acids is 1. The van der Waals surface area contributed by atoms with E-state index in [4.69, 9.17) is 0 Å². The van der Waals surface area contributed by atoms with Gasteiger partial charge in [0.1, 0.15) is 5.82 Å². The molecule has 4 nitrogen and oxygen atoms in total. The molecule has 1 atom stereocenters. The summed E-state index contributed by atoms with van der Waals surface area (Å²) in [4.78, 5) is 18.2. The summed E-state index contributed by atoms with van der Waals surface area (Å²) < 4.78 is 12.8. The molecule has 1 aromatic heterocycles. The Kier molecular flexibility index (Phi) is 4.04. The molecule has 1 amide bonds. The number of amides is 1. The van der Waals surface area contributed by atoms with E-state index < -0.39 is 5.82 Å². The first-order valence-corrected chi connectivity index (χ1v) is 7.30. The van der Waals surface area contributed by atoms with E-state index in [2.05, 4.69) is 27.3 Å². The van der Waals surface area contributed by atoms with Gasteiger partial charge < -0.3 is 10.2 Å². The fourth-order valence-electron chi connectivity index (χ4n) is 2.87. The molecule has 114 valence electrons.